The maximum atomic E-state index is 12.3. The minimum absolute atomic E-state index is 0.0699. The number of hydrazine groups is 1. The van der Waals surface area contributed by atoms with Crippen LogP contribution in [0.4, 0.5) is 5.69 Å². The van der Waals surface area contributed by atoms with Crippen LogP contribution in [0.25, 0.3) is 0 Å². The van der Waals surface area contributed by atoms with Gasteiger partial charge in [0.05, 0.1) is 18.6 Å². The summed E-state index contributed by atoms with van der Waals surface area (Å²) in [6.45, 7) is -0.533. The molecule has 10 nitrogen and oxygen atoms in total. The van der Waals surface area contributed by atoms with E-state index in [1.165, 1.54) is 24.1 Å². The molecule has 3 amide bonds. The van der Waals surface area contributed by atoms with Gasteiger partial charge in [0.1, 0.15) is 0 Å². The number of carbonyl (C=O) groups excluding carboxylic acids is 5. The number of rotatable bonds is 6. The highest BCUT2D eigenvalue weighted by Crippen LogP contribution is 2.26. The van der Waals surface area contributed by atoms with Crippen molar-refractivity contribution in [3.05, 3.63) is 64.1 Å². The molecule has 172 valence electrons. The van der Waals surface area contributed by atoms with E-state index in [1.807, 2.05) is 0 Å². The fourth-order valence-electron chi connectivity index (χ4n) is 3.10. The van der Waals surface area contributed by atoms with Crippen molar-refractivity contribution in [2.24, 2.45) is 5.92 Å². The molecule has 1 atom stereocenters. The van der Waals surface area contributed by atoms with Crippen LogP contribution in [0.5, 0.6) is 0 Å². The Hall–Kier alpha value is -3.73. The molecule has 0 bridgehead atoms. The predicted octanol–water partition coefficient (Wildman–Crippen LogP) is 1.59. The van der Waals surface area contributed by atoms with E-state index in [2.05, 4.69) is 31.5 Å². The summed E-state index contributed by atoms with van der Waals surface area (Å²) in [5.41, 5.74) is 5.58. The lowest BCUT2D eigenvalue weighted by Crippen LogP contribution is -2.43. The monoisotopic (exact) mass is 517 g/mol. The van der Waals surface area contributed by atoms with Crippen LogP contribution in [0, 0.1) is 5.92 Å². The number of anilines is 1. The Balaban J connectivity index is 1.46. The van der Waals surface area contributed by atoms with Crippen LogP contribution in [-0.2, 0) is 23.9 Å². The molecule has 1 aliphatic heterocycles. The van der Waals surface area contributed by atoms with E-state index in [-0.39, 0.29) is 18.9 Å². The van der Waals surface area contributed by atoms with Gasteiger partial charge in [-0.25, -0.2) is 4.79 Å². The summed E-state index contributed by atoms with van der Waals surface area (Å²) in [7, 11) is 1.27. The zero-order valence-electron chi connectivity index (χ0n) is 17.5. The largest absolute Gasteiger partial charge is 0.465 e. The summed E-state index contributed by atoms with van der Waals surface area (Å²) >= 11 is 3.26. The van der Waals surface area contributed by atoms with Crippen molar-refractivity contribution in [2.45, 2.75) is 6.42 Å². The number of hydrogen-bond donors (Lipinski definition) is 2. The van der Waals surface area contributed by atoms with E-state index >= 15 is 0 Å². The van der Waals surface area contributed by atoms with Gasteiger partial charge in [0.15, 0.2) is 6.61 Å². The lowest BCUT2D eigenvalue weighted by Gasteiger charge is -2.16. The zero-order chi connectivity index (χ0) is 24.0. The van der Waals surface area contributed by atoms with Gasteiger partial charge in [-0.05, 0) is 48.5 Å². The Bertz CT molecular complexity index is 1070. The average molecular weight is 518 g/mol. The van der Waals surface area contributed by atoms with E-state index in [9.17, 15) is 24.0 Å². The van der Waals surface area contributed by atoms with Gasteiger partial charge in [0.2, 0.25) is 5.91 Å². The minimum Gasteiger partial charge on any atom is -0.465 e. The number of benzene rings is 2. The highest BCUT2D eigenvalue weighted by atomic mass is 79.9. The third kappa shape index (κ3) is 6.16. The summed E-state index contributed by atoms with van der Waals surface area (Å²) in [4.78, 5) is 61.4. The molecule has 0 saturated carbocycles. The number of nitrogens with one attached hydrogen (secondary N) is 2. The van der Waals surface area contributed by atoms with Crippen molar-refractivity contribution in [2.75, 3.05) is 25.2 Å². The molecule has 33 heavy (non-hydrogen) atoms. The second kappa shape index (κ2) is 10.7. The van der Waals surface area contributed by atoms with Gasteiger partial charge in [-0.2, -0.15) is 0 Å². The first-order valence-electron chi connectivity index (χ1n) is 9.78. The van der Waals surface area contributed by atoms with Gasteiger partial charge >= 0.3 is 11.9 Å². The van der Waals surface area contributed by atoms with Gasteiger partial charge < -0.3 is 14.4 Å². The first-order chi connectivity index (χ1) is 15.8. The molecule has 0 spiro atoms. The number of ether oxygens (including phenoxy) is 2. The van der Waals surface area contributed by atoms with E-state index in [4.69, 9.17) is 4.74 Å². The molecule has 0 aromatic heterocycles. The van der Waals surface area contributed by atoms with Crippen molar-refractivity contribution in [3.8, 4) is 0 Å². The Morgan fingerprint density at radius 2 is 1.64 bits per heavy atom. The quantitative estimate of drug-likeness (QED) is 0.439. The van der Waals surface area contributed by atoms with Crippen molar-refractivity contribution in [1.29, 1.82) is 0 Å². The van der Waals surface area contributed by atoms with E-state index in [1.54, 1.807) is 36.4 Å². The smallest absolute Gasteiger partial charge is 0.337 e. The first kappa shape index (κ1) is 23.9. The van der Waals surface area contributed by atoms with Crippen LogP contribution < -0.4 is 15.8 Å². The average Bonchev–Trinajstić information content (AvgIpc) is 3.22. The molecule has 2 aromatic carbocycles. The van der Waals surface area contributed by atoms with Gasteiger partial charge in [0, 0.05) is 28.7 Å². The molecule has 11 heteroatoms. The second-order valence-electron chi connectivity index (χ2n) is 7.06. The number of halogens is 1. The fraction of sp³-hybridized carbons (Fsp3) is 0.227. The highest BCUT2D eigenvalue weighted by molar-refractivity contribution is 9.10. The van der Waals surface area contributed by atoms with E-state index in [0.29, 0.717) is 16.8 Å². The zero-order valence-corrected chi connectivity index (χ0v) is 19.1. The van der Waals surface area contributed by atoms with Crippen molar-refractivity contribution >= 4 is 51.3 Å². The SMILES string of the molecule is COC(=O)c1ccc(N2C[C@H](C(=O)OCC(=O)NNC(=O)c3ccc(Br)cc3)CC2=O)cc1. The number of carbonyl (C=O) groups is 5. The third-order valence-corrected chi connectivity index (χ3v) is 5.35. The normalized spacial score (nSPS) is 15.0. The Kier molecular flexibility index (Phi) is 7.78. The lowest BCUT2D eigenvalue weighted by molar-refractivity contribution is -0.152. The van der Waals surface area contributed by atoms with Crippen LogP contribution in [-0.4, -0.2) is 49.9 Å². The van der Waals surface area contributed by atoms with Gasteiger partial charge in [0.25, 0.3) is 11.8 Å². The molecular weight excluding hydrogens is 498 g/mol. The molecule has 2 aromatic rings. The van der Waals surface area contributed by atoms with Crippen LogP contribution in [0.15, 0.2) is 53.0 Å². The lowest BCUT2D eigenvalue weighted by atomic mass is 10.1. The molecule has 0 aliphatic carbocycles. The Morgan fingerprint density at radius 3 is 2.27 bits per heavy atom. The van der Waals surface area contributed by atoms with Crippen LogP contribution >= 0.6 is 15.9 Å². The molecule has 2 N–H and O–H groups in total. The molecule has 1 heterocycles. The van der Waals surface area contributed by atoms with Gasteiger partial charge in [-0.3, -0.25) is 30.0 Å². The predicted molar refractivity (Wildman–Crippen MR) is 119 cm³/mol. The first-order valence-corrected chi connectivity index (χ1v) is 10.6. The molecule has 1 aliphatic rings. The molecular formula is C22H20BrN3O7. The van der Waals surface area contributed by atoms with E-state index in [0.717, 1.165) is 4.47 Å². The molecule has 3 rings (SSSR count). The standard InChI is InChI=1S/C22H20BrN3O7/c1-32-21(30)14-4-8-17(9-5-14)26-11-15(10-19(26)28)22(31)33-12-18(27)24-25-20(29)13-2-6-16(23)7-3-13/h2-9,15H,10-12H2,1H3,(H,24,27)(H,25,29)/t15-/m1/s1. The summed E-state index contributed by atoms with van der Waals surface area (Å²) in [5.74, 6) is -3.49. The van der Waals surface area contributed by atoms with Crippen molar-refractivity contribution in [3.63, 3.8) is 0 Å². The maximum Gasteiger partial charge on any atom is 0.337 e. The van der Waals surface area contributed by atoms with Gasteiger partial charge in [-0.15, -0.1) is 0 Å². The van der Waals surface area contributed by atoms with Crippen LogP contribution in [0.3, 0.4) is 0 Å². The number of methoxy groups -OCH3 is 1. The second-order valence-corrected chi connectivity index (χ2v) is 7.98. The van der Waals surface area contributed by atoms with E-state index < -0.39 is 36.3 Å². The molecule has 1 saturated heterocycles. The number of amides is 3. The van der Waals surface area contributed by atoms with Crippen LogP contribution in [0.2, 0.25) is 0 Å². The summed E-state index contributed by atoms with van der Waals surface area (Å²) < 4.78 is 10.4. The number of nitrogens with zero attached hydrogens (tertiary/aromatic N) is 1. The Morgan fingerprint density at radius 1 is 1.00 bits per heavy atom. The Labute approximate surface area is 197 Å². The van der Waals surface area contributed by atoms with Gasteiger partial charge in [-0.1, -0.05) is 15.9 Å². The molecule has 0 unspecified atom stereocenters. The van der Waals surface area contributed by atoms with Crippen molar-refractivity contribution in [1.82, 2.24) is 10.9 Å². The summed E-state index contributed by atoms with van der Waals surface area (Å²) in [5, 5.41) is 0. The minimum atomic E-state index is -0.747. The highest BCUT2D eigenvalue weighted by Gasteiger charge is 2.36. The van der Waals surface area contributed by atoms with Crippen LogP contribution in [0.1, 0.15) is 27.1 Å². The summed E-state index contributed by atoms with van der Waals surface area (Å²) in [6.07, 6.45) is -0.0699. The molecule has 1 fully saturated rings. The topological polar surface area (TPSA) is 131 Å². The molecule has 0 radical (unpaired) electrons. The fourth-order valence-corrected chi connectivity index (χ4v) is 3.37. The third-order valence-electron chi connectivity index (χ3n) is 4.83. The maximum absolute atomic E-state index is 12.3. The van der Waals surface area contributed by atoms with Crippen molar-refractivity contribution < 1.29 is 33.4 Å². The number of hydrogen-bond acceptors (Lipinski definition) is 7. The number of esters is 2. The summed E-state index contributed by atoms with van der Waals surface area (Å²) in [6, 6.07) is 12.7.